The first-order valence-corrected chi connectivity index (χ1v) is 10.7. The third-order valence-electron chi connectivity index (χ3n) is 5.29. The van der Waals surface area contributed by atoms with Crippen molar-refractivity contribution < 1.29 is 14.3 Å². The fourth-order valence-electron chi connectivity index (χ4n) is 3.83. The molecule has 6 heteroatoms. The second-order valence-electron chi connectivity index (χ2n) is 6.98. The minimum absolute atomic E-state index is 0.0118. The maximum atomic E-state index is 13.0. The van der Waals surface area contributed by atoms with Gasteiger partial charge in [-0.25, -0.2) is 4.98 Å². The number of rotatable bonds is 6. The first-order chi connectivity index (χ1) is 14.2. The van der Waals surface area contributed by atoms with Crippen molar-refractivity contribution in [3.05, 3.63) is 60.2 Å². The lowest BCUT2D eigenvalue weighted by Gasteiger charge is -2.26. The van der Waals surface area contributed by atoms with E-state index in [0.717, 1.165) is 52.4 Å². The average Bonchev–Trinajstić information content (AvgIpc) is 3.26. The Kier molecular flexibility index (Phi) is 5.90. The minimum Gasteiger partial charge on any atom is -0.497 e. The lowest BCUT2D eigenvalue weighted by Crippen LogP contribution is -2.32. The summed E-state index contributed by atoms with van der Waals surface area (Å²) < 4.78 is 10.9. The van der Waals surface area contributed by atoms with Crippen LogP contribution in [0.25, 0.3) is 10.9 Å². The number of fused-ring (bicyclic) bond motifs is 1. The van der Waals surface area contributed by atoms with Crippen molar-refractivity contribution in [1.82, 2.24) is 9.88 Å². The van der Waals surface area contributed by atoms with E-state index in [1.807, 2.05) is 53.4 Å². The maximum Gasteiger partial charge on any atom is 0.233 e. The number of aromatic nitrogens is 1. The molecule has 0 aliphatic carbocycles. The van der Waals surface area contributed by atoms with Crippen molar-refractivity contribution in [3.8, 4) is 11.5 Å². The van der Waals surface area contributed by atoms with Gasteiger partial charge >= 0.3 is 0 Å². The van der Waals surface area contributed by atoms with E-state index < -0.39 is 0 Å². The van der Waals surface area contributed by atoms with Crippen molar-refractivity contribution in [2.45, 2.75) is 23.9 Å². The van der Waals surface area contributed by atoms with Crippen LogP contribution < -0.4 is 9.47 Å². The quantitative estimate of drug-likeness (QED) is 0.553. The van der Waals surface area contributed by atoms with E-state index in [9.17, 15) is 4.79 Å². The molecule has 29 heavy (non-hydrogen) atoms. The zero-order chi connectivity index (χ0) is 20.2. The fraction of sp³-hybridized carbons (Fsp3) is 0.304. The number of pyridine rings is 1. The summed E-state index contributed by atoms with van der Waals surface area (Å²) in [6, 6.07) is 17.8. The van der Waals surface area contributed by atoms with E-state index in [2.05, 4.69) is 11.1 Å². The Morgan fingerprint density at radius 2 is 2.00 bits per heavy atom. The van der Waals surface area contributed by atoms with Gasteiger partial charge in [0.05, 0.1) is 36.6 Å². The molecule has 5 nitrogen and oxygen atoms in total. The van der Waals surface area contributed by atoms with Gasteiger partial charge in [0, 0.05) is 17.5 Å². The van der Waals surface area contributed by atoms with Crippen LogP contribution in [0.2, 0.25) is 0 Å². The highest BCUT2D eigenvalue weighted by molar-refractivity contribution is 7.99. The summed E-state index contributed by atoms with van der Waals surface area (Å²) in [6.07, 6.45) is 1.91. The van der Waals surface area contributed by atoms with Crippen LogP contribution in [0.15, 0.2) is 59.6 Å². The van der Waals surface area contributed by atoms with Gasteiger partial charge in [-0.05, 0) is 43.2 Å². The Labute approximate surface area is 175 Å². The molecule has 1 atom stereocenters. The molecule has 1 saturated heterocycles. The summed E-state index contributed by atoms with van der Waals surface area (Å²) >= 11 is 1.49. The van der Waals surface area contributed by atoms with Crippen LogP contribution in [-0.4, -0.2) is 42.3 Å². The van der Waals surface area contributed by atoms with Gasteiger partial charge in [0.2, 0.25) is 5.91 Å². The molecule has 2 aromatic carbocycles. The molecule has 150 valence electrons. The average molecular weight is 409 g/mol. The van der Waals surface area contributed by atoms with Gasteiger partial charge in [0.25, 0.3) is 0 Å². The van der Waals surface area contributed by atoms with Crippen molar-refractivity contribution >= 4 is 28.6 Å². The number of likely N-dealkylation sites (tertiary alicyclic amines) is 1. The Hall–Kier alpha value is -2.73. The summed E-state index contributed by atoms with van der Waals surface area (Å²) in [5.74, 6) is 2.06. The van der Waals surface area contributed by atoms with Crippen molar-refractivity contribution in [2.24, 2.45) is 0 Å². The van der Waals surface area contributed by atoms with E-state index in [0.29, 0.717) is 5.75 Å². The number of methoxy groups -OCH3 is 2. The molecule has 1 aliphatic heterocycles. The number of para-hydroxylation sites is 1. The van der Waals surface area contributed by atoms with Crippen LogP contribution in [0, 0.1) is 0 Å². The van der Waals surface area contributed by atoms with E-state index in [1.54, 1.807) is 14.2 Å². The molecule has 1 amide bonds. The number of ether oxygens (including phenoxy) is 2. The SMILES string of the molecule is COc1ccc(OC)c(C2CCCN2C(=O)CSc2ccc3ccccc3n2)c1. The first-order valence-electron chi connectivity index (χ1n) is 9.69. The Morgan fingerprint density at radius 1 is 1.14 bits per heavy atom. The summed E-state index contributed by atoms with van der Waals surface area (Å²) in [4.78, 5) is 19.6. The molecule has 0 spiro atoms. The molecule has 1 aromatic heterocycles. The highest BCUT2D eigenvalue weighted by Gasteiger charge is 2.32. The van der Waals surface area contributed by atoms with Gasteiger partial charge in [-0.2, -0.15) is 0 Å². The molecule has 3 aromatic rings. The molecule has 0 radical (unpaired) electrons. The third kappa shape index (κ3) is 4.17. The molecule has 0 saturated carbocycles. The van der Waals surface area contributed by atoms with E-state index in [-0.39, 0.29) is 11.9 Å². The molecule has 2 heterocycles. The van der Waals surface area contributed by atoms with Crippen LogP contribution in [0.4, 0.5) is 0 Å². The second kappa shape index (κ2) is 8.74. The Balaban J connectivity index is 1.49. The van der Waals surface area contributed by atoms with Crippen LogP contribution in [0.3, 0.4) is 0 Å². The molecular weight excluding hydrogens is 384 g/mol. The normalized spacial score (nSPS) is 16.2. The second-order valence-corrected chi connectivity index (χ2v) is 7.98. The molecule has 1 aliphatic rings. The van der Waals surface area contributed by atoms with Gasteiger partial charge in [-0.1, -0.05) is 36.0 Å². The highest BCUT2D eigenvalue weighted by Crippen LogP contribution is 2.39. The third-order valence-corrected chi connectivity index (χ3v) is 6.20. The molecule has 0 bridgehead atoms. The van der Waals surface area contributed by atoms with Crippen molar-refractivity contribution in [2.75, 3.05) is 26.5 Å². The first kappa shape index (κ1) is 19.6. The molecule has 1 fully saturated rings. The summed E-state index contributed by atoms with van der Waals surface area (Å²) in [6.45, 7) is 0.759. The van der Waals surface area contributed by atoms with Gasteiger partial charge < -0.3 is 14.4 Å². The van der Waals surface area contributed by atoms with Crippen LogP contribution in [0.5, 0.6) is 11.5 Å². The molecule has 1 unspecified atom stereocenters. The molecular formula is C23H24N2O3S. The Morgan fingerprint density at radius 3 is 2.83 bits per heavy atom. The fourth-order valence-corrected chi connectivity index (χ4v) is 4.60. The summed E-state index contributed by atoms with van der Waals surface area (Å²) in [7, 11) is 3.31. The lowest BCUT2D eigenvalue weighted by molar-refractivity contribution is -0.129. The number of amides is 1. The van der Waals surface area contributed by atoms with E-state index in [4.69, 9.17) is 9.47 Å². The number of benzene rings is 2. The standard InChI is InChI=1S/C23H24N2O3S/c1-27-17-10-11-21(28-2)18(14-17)20-8-5-13-25(20)23(26)15-29-22-12-9-16-6-3-4-7-19(16)24-22/h3-4,6-7,9-12,14,20H,5,8,13,15H2,1-2H3. The predicted octanol–water partition coefficient (Wildman–Crippen LogP) is 4.71. The van der Waals surface area contributed by atoms with Gasteiger partial charge in [-0.3, -0.25) is 4.79 Å². The van der Waals surface area contributed by atoms with E-state index in [1.165, 1.54) is 11.8 Å². The number of hydrogen-bond donors (Lipinski definition) is 0. The zero-order valence-electron chi connectivity index (χ0n) is 16.6. The van der Waals surface area contributed by atoms with Gasteiger partial charge in [0.1, 0.15) is 11.5 Å². The summed E-state index contributed by atoms with van der Waals surface area (Å²) in [5, 5.41) is 1.97. The number of carbonyl (C=O) groups excluding carboxylic acids is 1. The monoisotopic (exact) mass is 408 g/mol. The van der Waals surface area contributed by atoms with Crippen molar-refractivity contribution in [3.63, 3.8) is 0 Å². The topological polar surface area (TPSA) is 51.7 Å². The maximum absolute atomic E-state index is 13.0. The van der Waals surface area contributed by atoms with Gasteiger partial charge in [-0.15, -0.1) is 0 Å². The van der Waals surface area contributed by atoms with Crippen molar-refractivity contribution in [1.29, 1.82) is 0 Å². The number of hydrogen-bond acceptors (Lipinski definition) is 5. The van der Waals surface area contributed by atoms with Crippen LogP contribution in [0.1, 0.15) is 24.4 Å². The Bertz CT molecular complexity index is 1020. The largest absolute Gasteiger partial charge is 0.497 e. The zero-order valence-corrected chi connectivity index (χ0v) is 17.4. The smallest absolute Gasteiger partial charge is 0.233 e. The summed E-state index contributed by atoms with van der Waals surface area (Å²) in [5.41, 5.74) is 1.96. The highest BCUT2D eigenvalue weighted by atomic mass is 32.2. The predicted molar refractivity (Wildman–Crippen MR) is 116 cm³/mol. The van der Waals surface area contributed by atoms with E-state index >= 15 is 0 Å². The van der Waals surface area contributed by atoms with Crippen LogP contribution >= 0.6 is 11.8 Å². The van der Waals surface area contributed by atoms with Crippen LogP contribution in [-0.2, 0) is 4.79 Å². The number of nitrogens with zero attached hydrogens (tertiary/aromatic N) is 2. The minimum atomic E-state index is 0.0118. The lowest BCUT2D eigenvalue weighted by atomic mass is 10.0. The molecule has 4 rings (SSSR count). The number of thioether (sulfide) groups is 1. The number of carbonyl (C=O) groups is 1. The molecule has 0 N–H and O–H groups in total. The van der Waals surface area contributed by atoms with Gasteiger partial charge in [0.15, 0.2) is 0 Å².